The van der Waals surface area contributed by atoms with Gasteiger partial charge in [0, 0.05) is 37.1 Å². The summed E-state index contributed by atoms with van der Waals surface area (Å²) in [5.41, 5.74) is 1.05. The largest absolute Gasteiger partial charge is 0.364 e. The fraction of sp³-hybridized carbons (Fsp3) is 0.556. The summed E-state index contributed by atoms with van der Waals surface area (Å²) in [5, 5.41) is 6.00. The van der Waals surface area contributed by atoms with Crippen molar-refractivity contribution in [1.82, 2.24) is 15.0 Å². The lowest BCUT2D eigenvalue weighted by Crippen LogP contribution is -2.73. The molecule has 7 heteroatoms. The molecule has 2 aliphatic heterocycles. The molecule has 25 heavy (non-hydrogen) atoms. The minimum atomic E-state index is -0.372. The van der Waals surface area contributed by atoms with Crippen molar-refractivity contribution in [1.29, 1.82) is 0 Å². The summed E-state index contributed by atoms with van der Waals surface area (Å²) in [6, 6.07) is 3.85. The quantitative estimate of drug-likeness (QED) is 0.841. The zero-order chi connectivity index (χ0) is 17.7. The Kier molecular flexibility index (Phi) is 3.97. The molecule has 0 unspecified atom stereocenters. The Bertz CT molecular complexity index is 762. The highest BCUT2D eigenvalue weighted by Gasteiger charge is 2.52. The van der Waals surface area contributed by atoms with Crippen molar-refractivity contribution in [3.8, 4) is 0 Å². The summed E-state index contributed by atoms with van der Waals surface area (Å²) in [4.78, 5) is 18.3. The third kappa shape index (κ3) is 3.36. The summed E-state index contributed by atoms with van der Waals surface area (Å²) in [6.07, 6.45) is 1.43. The van der Waals surface area contributed by atoms with Gasteiger partial charge >= 0.3 is 0 Å². The van der Waals surface area contributed by atoms with Crippen LogP contribution in [0.1, 0.15) is 34.8 Å². The van der Waals surface area contributed by atoms with Crippen LogP contribution in [0.25, 0.3) is 0 Å². The molecule has 1 amide bonds. The second-order valence-electron chi connectivity index (χ2n) is 7.80. The van der Waals surface area contributed by atoms with Crippen molar-refractivity contribution in [3.05, 3.63) is 39.9 Å². The predicted octanol–water partition coefficient (Wildman–Crippen LogP) is 2.55. The minimum absolute atomic E-state index is 0.0867. The molecular formula is C18H23N3O3S. The molecule has 0 radical (unpaired) electrons. The van der Waals surface area contributed by atoms with Crippen LogP contribution in [0.5, 0.6) is 0 Å². The lowest BCUT2D eigenvalue weighted by atomic mass is 9.88. The number of nitrogens with zero attached hydrogens (tertiary/aromatic N) is 3. The minimum Gasteiger partial charge on any atom is -0.364 e. The number of aryl methyl sites for hydroxylation is 1. The Morgan fingerprint density at radius 1 is 1.32 bits per heavy atom. The van der Waals surface area contributed by atoms with Crippen LogP contribution < -0.4 is 0 Å². The lowest BCUT2D eigenvalue weighted by Gasteiger charge is -2.58. The summed E-state index contributed by atoms with van der Waals surface area (Å²) < 4.78 is 11.2. The van der Waals surface area contributed by atoms with E-state index in [1.807, 2.05) is 18.7 Å². The van der Waals surface area contributed by atoms with Crippen LogP contribution in [0.2, 0.25) is 0 Å². The average molecular weight is 361 g/mol. The van der Waals surface area contributed by atoms with Crippen LogP contribution in [0.4, 0.5) is 0 Å². The highest BCUT2D eigenvalue weighted by Crippen LogP contribution is 2.37. The van der Waals surface area contributed by atoms with E-state index in [0.29, 0.717) is 18.8 Å². The zero-order valence-electron chi connectivity index (χ0n) is 14.8. The fourth-order valence-corrected chi connectivity index (χ4v) is 4.73. The molecule has 2 saturated heterocycles. The maximum Gasteiger partial charge on any atom is 0.276 e. The lowest BCUT2D eigenvalue weighted by molar-refractivity contribution is -0.241. The smallest absolute Gasteiger partial charge is 0.276 e. The molecule has 4 heterocycles. The van der Waals surface area contributed by atoms with Crippen molar-refractivity contribution in [2.24, 2.45) is 0 Å². The van der Waals surface area contributed by atoms with Crippen LogP contribution in [0.3, 0.4) is 0 Å². The normalized spacial score (nSPS) is 22.1. The van der Waals surface area contributed by atoms with Gasteiger partial charge in [-0.3, -0.25) is 9.69 Å². The number of morpholine rings is 1. The van der Waals surface area contributed by atoms with E-state index in [1.54, 1.807) is 17.4 Å². The van der Waals surface area contributed by atoms with Gasteiger partial charge in [0.1, 0.15) is 11.9 Å². The molecular weight excluding hydrogens is 338 g/mol. The number of thiophene rings is 1. The van der Waals surface area contributed by atoms with Gasteiger partial charge in [-0.15, -0.1) is 11.3 Å². The third-order valence-electron chi connectivity index (χ3n) is 4.70. The van der Waals surface area contributed by atoms with Crippen LogP contribution in [0.15, 0.2) is 28.3 Å². The first-order chi connectivity index (χ1) is 11.8. The van der Waals surface area contributed by atoms with E-state index in [-0.39, 0.29) is 17.1 Å². The number of amides is 1. The highest BCUT2D eigenvalue weighted by atomic mass is 32.1. The standard InChI is InChI=1S/C18H23N3O3S/c1-13-6-14(8-25-13)7-20-10-18(11-20)12-21(9-17(2,3)24-18)16(22)15-4-5-23-19-15/h4-6,8H,7,9-12H2,1-3H3. The maximum absolute atomic E-state index is 12.7. The average Bonchev–Trinajstić information content (AvgIpc) is 3.15. The van der Waals surface area contributed by atoms with E-state index in [4.69, 9.17) is 9.26 Å². The molecule has 2 aromatic heterocycles. The fourth-order valence-electron chi connectivity index (χ4n) is 4.03. The Hall–Kier alpha value is -1.70. The molecule has 2 fully saturated rings. The predicted molar refractivity (Wildman–Crippen MR) is 94.6 cm³/mol. The van der Waals surface area contributed by atoms with Crippen LogP contribution in [-0.2, 0) is 11.3 Å². The van der Waals surface area contributed by atoms with Crippen molar-refractivity contribution < 1.29 is 14.1 Å². The highest BCUT2D eigenvalue weighted by molar-refractivity contribution is 7.10. The molecule has 6 nitrogen and oxygen atoms in total. The van der Waals surface area contributed by atoms with Gasteiger partial charge in [0.25, 0.3) is 5.91 Å². The van der Waals surface area contributed by atoms with Gasteiger partial charge in [-0.05, 0) is 37.8 Å². The van der Waals surface area contributed by atoms with E-state index in [2.05, 4.69) is 28.4 Å². The van der Waals surface area contributed by atoms with Gasteiger partial charge in [-0.2, -0.15) is 0 Å². The molecule has 4 rings (SSSR count). The molecule has 0 aromatic carbocycles. The van der Waals surface area contributed by atoms with E-state index in [0.717, 1.165) is 19.6 Å². The van der Waals surface area contributed by atoms with Gasteiger partial charge in [0.2, 0.25) is 0 Å². The number of hydrogen-bond acceptors (Lipinski definition) is 6. The van der Waals surface area contributed by atoms with Crippen molar-refractivity contribution in [2.75, 3.05) is 26.2 Å². The molecule has 0 atom stereocenters. The number of hydrogen-bond donors (Lipinski definition) is 0. The second kappa shape index (κ2) is 5.93. The van der Waals surface area contributed by atoms with E-state index in [9.17, 15) is 4.79 Å². The number of rotatable bonds is 3. The SMILES string of the molecule is Cc1cc(CN2CC3(C2)CN(C(=O)c2ccon2)CC(C)(C)O3)cs1. The van der Waals surface area contributed by atoms with E-state index >= 15 is 0 Å². The summed E-state index contributed by atoms with van der Waals surface area (Å²) in [5.74, 6) is -0.0867. The van der Waals surface area contributed by atoms with E-state index in [1.165, 1.54) is 16.7 Å². The number of likely N-dealkylation sites (tertiary alicyclic amines) is 1. The number of carbonyl (C=O) groups excluding carboxylic acids is 1. The summed E-state index contributed by atoms with van der Waals surface area (Å²) >= 11 is 1.78. The van der Waals surface area contributed by atoms with E-state index < -0.39 is 0 Å². The van der Waals surface area contributed by atoms with Crippen molar-refractivity contribution in [2.45, 2.75) is 38.5 Å². The first-order valence-corrected chi connectivity index (χ1v) is 9.38. The van der Waals surface area contributed by atoms with Crippen molar-refractivity contribution in [3.63, 3.8) is 0 Å². The van der Waals surface area contributed by atoms with Gasteiger partial charge in [-0.25, -0.2) is 0 Å². The Balaban J connectivity index is 1.44. The molecule has 0 N–H and O–H groups in total. The van der Waals surface area contributed by atoms with Gasteiger partial charge in [0.05, 0.1) is 12.1 Å². The second-order valence-corrected chi connectivity index (χ2v) is 8.92. The molecule has 0 aliphatic carbocycles. The van der Waals surface area contributed by atoms with Gasteiger partial charge < -0.3 is 14.2 Å². The molecule has 0 bridgehead atoms. The third-order valence-corrected chi connectivity index (χ3v) is 5.61. The Labute approximate surface area is 151 Å². The molecule has 2 aliphatic rings. The first kappa shape index (κ1) is 16.8. The van der Waals surface area contributed by atoms with Gasteiger partial charge in [-0.1, -0.05) is 5.16 Å². The summed E-state index contributed by atoms with van der Waals surface area (Å²) in [7, 11) is 0. The number of ether oxygens (including phenoxy) is 1. The molecule has 1 spiro atoms. The number of carbonyl (C=O) groups is 1. The maximum atomic E-state index is 12.7. The van der Waals surface area contributed by atoms with Crippen LogP contribution >= 0.6 is 11.3 Å². The Morgan fingerprint density at radius 2 is 2.12 bits per heavy atom. The monoisotopic (exact) mass is 361 g/mol. The first-order valence-electron chi connectivity index (χ1n) is 8.50. The Morgan fingerprint density at radius 3 is 2.76 bits per heavy atom. The zero-order valence-corrected chi connectivity index (χ0v) is 15.6. The van der Waals surface area contributed by atoms with Crippen molar-refractivity contribution >= 4 is 17.2 Å². The summed E-state index contributed by atoms with van der Waals surface area (Å²) in [6.45, 7) is 10.00. The molecule has 2 aromatic rings. The molecule has 0 saturated carbocycles. The van der Waals surface area contributed by atoms with Gasteiger partial charge in [0.15, 0.2) is 5.69 Å². The molecule has 134 valence electrons. The topological polar surface area (TPSA) is 58.8 Å². The number of aromatic nitrogens is 1. The van der Waals surface area contributed by atoms with Crippen LogP contribution in [0, 0.1) is 6.92 Å². The van der Waals surface area contributed by atoms with Crippen LogP contribution in [-0.4, -0.2) is 58.2 Å².